The van der Waals surface area contributed by atoms with Crippen molar-refractivity contribution >= 4 is 40.8 Å². The van der Waals surface area contributed by atoms with E-state index in [1.807, 2.05) is 4.90 Å². The van der Waals surface area contributed by atoms with E-state index in [0.29, 0.717) is 63.1 Å². The van der Waals surface area contributed by atoms with Gasteiger partial charge in [-0.2, -0.15) is 13.2 Å². The summed E-state index contributed by atoms with van der Waals surface area (Å²) >= 11 is 6.17. The van der Waals surface area contributed by atoms with Crippen LogP contribution in [0.4, 0.5) is 38.1 Å². The third-order valence-electron chi connectivity index (χ3n) is 7.57. The number of amides is 4. The Labute approximate surface area is 255 Å². The molecule has 10 nitrogen and oxygen atoms in total. The quantitative estimate of drug-likeness (QED) is 0.361. The first-order valence-electron chi connectivity index (χ1n) is 14.0. The zero-order valence-electron chi connectivity index (χ0n) is 23.7. The summed E-state index contributed by atoms with van der Waals surface area (Å²) in [6.07, 6.45) is -5.15. The lowest BCUT2D eigenvalue weighted by atomic mass is 10.1. The zero-order chi connectivity index (χ0) is 32.0. The lowest BCUT2D eigenvalue weighted by molar-refractivity contribution is -0.138. The van der Waals surface area contributed by atoms with Crippen molar-refractivity contribution in [3.05, 3.63) is 58.1 Å². The average molecular weight is 646 g/mol. The van der Waals surface area contributed by atoms with Gasteiger partial charge in [-0.25, -0.2) is 13.6 Å². The van der Waals surface area contributed by atoms with E-state index in [1.165, 1.54) is 23.1 Å². The second-order valence-corrected chi connectivity index (χ2v) is 11.0. The van der Waals surface area contributed by atoms with Crippen molar-refractivity contribution in [2.75, 3.05) is 75.7 Å². The predicted molar refractivity (Wildman–Crippen MR) is 155 cm³/mol. The number of hydrogen-bond donors (Lipinski definition) is 3. The first kappa shape index (κ1) is 33.2. The van der Waals surface area contributed by atoms with Crippen LogP contribution in [0.1, 0.15) is 22.3 Å². The van der Waals surface area contributed by atoms with Crippen molar-refractivity contribution in [1.29, 1.82) is 0 Å². The molecule has 0 radical (unpaired) electrons. The van der Waals surface area contributed by atoms with Crippen molar-refractivity contribution in [3.8, 4) is 0 Å². The van der Waals surface area contributed by atoms with Gasteiger partial charge in [-0.3, -0.25) is 19.4 Å². The number of carbonyl (C=O) groups excluding carboxylic acids is 3. The van der Waals surface area contributed by atoms with E-state index < -0.39 is 47.6 Å². The molecule has 2 saturated heterocycles. The van der Waals surface area contributed by atoms with Gasteiger partial charge in [0.1, 0.15) is 0 Å². The number of nitrogens with two attached hydrogens (primary N) is 1. The number of nitrogens with zero attached hydrogens (tertiary/aromatic N) is 4. The van der Waals surface area contributed by atoms with Crippen LogP contribution >= 0.6 is 11.6 Å². The molecule has 0 bridgehead atoms. The Kier molecular flexibility index (Phi) is 10.9. The Hall–Kier alpha value is -3.69. The van der Waals surface area contributed by atoms with Crippen LogP contribution in [-0.2, 0) is 11.3 Å². The van der Waals surface area contributed by atoms with Gasteiger partial charge in [0.15, 0.2) is 11.6 Å². The number of urea groups is 1. The number of anilines is 2. The van der Waals surface area contributed by atoms with E-state index in [9.17, 15) is 31.9 Å². The SMILES string of the molecule is NC(=O)N1CCN(CC(=O)NCc2ccc(C(=O)Nc3ccc(Cl)cc3N3CCN(CCC(F)(F)F)CC3)c(F)c2F)CC1. The maximum atomic E-state index is 15.0. The van der Waals surface area contributed by atoms with E-state index in [2.05, 4.69) is 10.6 Å². The van der Waals surface area contributed by atoms with Gasteiger partial charge < -0.3 is 26.2 Å². The van der Waals surface area contributed by atoms with Crippen molar-refractivity contribution in [1.82, 2.24) is 20.0 Å². The summed E-state index contributed by atoms with van der Waals surface area (Å²) in [6.45, 7) is 2.69. The molecular formula is C28H33ClF5N7O3. The fourth-order valence-corrected chi connectivity index (χ4v) is 5.21. The summed E-state index contributed by atoms with van der Waals surface area (Å²) in [7, 11) is 0. The molecule has 16 heteroatoms. The molecule has 44 heavy (non-hydrogen) atoms. The highest BCUT2D eigenvalue weighted by atomic mass is 35.5. The zero-order valence-corrected chi connectivity index (χ0v) is 24.5. The van der Waals surface area contributed by atoms with Crippen molar-refractivity contribution in [3.63, 3.8) is 0 Å². The van der Waals surface area contributed by atoms with Crippen LogP contribution in [0.25, 0.3) is 0 Å². The van der Waals surface area contributed by atoms with Gasteiger partial charge in [-0.1, -0.05) is 17.7 Å². The van der Waals surface area contributed by atoms with Gasteiger partial charge in [0.2, 0.25) is 5.91 Å². The van der Waals surface area contributed by atoms with E-state index in [1.54, 1.807) is 15.9 Å². The van der Waals surface area contributed by atoms with Crippen LogP contribution in [0.5, 0.6) is 0 Å². The second kappa shape index (κ2) is 14.4. The molecule has 2 heterocycles. The van der Waals surface area contributed by atoms with Gasteiger partial charge >= 0.3 is 12.2 Å². The highest BCUT2D eigenvalue weighted by Crippen LogP contribution is 2.31. The number of halogens is 6. The Morgan fingerprint density at radius 1 is 0.886 bits per heavy atom. The van der Waals surface area contributed by atoms with Gasteiger partial charge in [-0.05, 0) is 24.3 Å². The number of rotatable bonds is 9. The smallest absolute Gasteiger partial charge is 0.367 e. The fourth-order valence-electron chi connectivity index (χ4n) is 5.04. The van der Waals surface area contributed by atoms with Crippen LogP contribution in [0.15, 0.2) is 30.3 Å². The van der Waals surface area contributed by atoms with Crippen LogP contribution in [0, 0.1) is 11.6 Å². The number of primary amides is 1. The summed E-state index contributed by atoms with van der Waals surface area (Å²) in [4.78, 5) is 43.4. The van der Waals surface area contributed by atoms with E-state index in [4.69, 9.17) is 17.3 Å². The van der Waals surface area contributed by atoms with Crippen LogP contribution in [0.3, 0.4) is 0 Å². The van der Waals surface area contributed by atoms with Gasteiger partial charge in [0.05, 0.1) is 29.9 Å². The monoisotopic (exact) mass is 645 g/mol. The molecule has 0 saturated carbocycles. The lowest BCUT2D eigenvalue weighted by Crippen LogP contribution is -2.52. The average Bonchev–Trinajstić information content (AvgIpc) is 2.98. The van der Waals surface area contributed by atoms with Crippen molar-refractivity contribution in [2.24, 2.45) is 5.73 Å². The number of benzene rings is 2. The molecule has 0 atom stereocenters. The molecule has 2 aromatic rings. The molecule has 4 amide bonds. The molecule has 2 aliphatic heterocycles. The summed E-state index contributed by atoms with van der Waals surface area (Å²) in [5.74, 6) is -4.00. The van der Waals surface area contributed by atoms with Crippen molar-refractivity contribution in [2.45, 2.75) is 19.1 Å². The van der Waals surface area contributed by atoms with Gasteiger partial charge in [0, 0.05) is 76.0 Å². The van der Waals surface area contributed by atoms with E-state index >= 15 is 4.39 Å². The van der Waals surface area contributed by atoms with E-state index in [0.717, 1.165) is 6.07 Å². The number of hydrogen-bond acceptors (Lipinski definition) is 6. The predicted octanol–water partition coefficient (Wildman–Crippen LogP) is 3.26. The van der Waals surface area contributed by atoms with Gasteiger partial charge in [-0.15, -0.1) is 0 Å². The Balaban J connectivity index is 1.34. The molecule has 2 aromatic carbocycles. The first-order chi connectivity index (χ1) is 20.8. The molecular weight excluding hydrogens is 613 g/mol. The minimum atomic E-state index is -4.24. The number of alkyl halides is 3. The minimum Gasteiger partial charge on any atom is -0.367 e. The highest BCUT2D eigenvalue weighted by Gasteiger charge is 2.29. The summed E-state index contributed by atoms with van der Waals surface area (Å²) in [6, 6.07) is 6.41. The molecule has 0 unspecified atom stereocenters. The normalized spacial score (nSPS) is 16.6. The molecule has 0 aliphatic carbocycles. The molecule has 0 spiro atoms. The molecule has 240 valence electrons. The summed E-state index contributed by atoms with van der Waals surface area (Å²) in [5.41, 5.74) is 5.32. The molecule has 2 aliphatic rings. The maximum absolute atomic E-state index is 15.0. The van der Waals surface area contributed by atoms with Gasteiger partial charge in [0.25, 0.3) is 5.91 Å². The maximum Gasteiger partial charge on any atom is 0.390 e. The topological polar surface area (TPSA) is 114 Å². The summed E-state index contributed by atoms with van der Waals surface area (Å²) in [5, 5.41) is 5.47. The molecule has 0 aromatic heterocycles. The van der Waals surface area contributed by atoms with Crippen LogP contribution in [-0.4, -0.2) is 104 Å². The molecule has 4 N–H and O–H groups in total. The van der Waals surface area contributed by atoms with Crippen LogP contribution < -0.4 is 21.3 Å². The number of carbonyl (C=O) groups is 3. The third kappa shape index (κ3) is 8.92. The standard InChI is InChI=1S/C28H33ClF5N7O3/c29-19-2-4-21(22(15-19)40-11-7-38(8-12-40)6-5-28(32,33)34)37-26(43)20-3-1-18(24(30)25(20)31)16-36-23(42)17-39-9-13-41(14-10-39)27(35)44/h1-4,15H,5-14,16-17H2,(H2,35,44)(H,36,42)(H,37,43). The lowest BCUT2D eigenvalue weighted by Gasteiger charge is -2.37. The first-order valence-corrected chi connectivity index (χ1v) is 14.3. The van der Waals surface area contributed by atoms with Crippen molar-refractivity contribution < 1.29 is 36.3 Å². The second-order valence-electron chi connectivity index (χ2n) is 10.6. The molecule has 4 rings (SSSR count). The number of piperazine rings is 2. The summed E-state index contributed by atoms with van der Waals surface area (Å²) < 4.78 is 67.7. The van der Waals surface area contributed by atoms with E-state index in [-0.39, 0.29) is 30.9 Å². The Morgan fingerprint density at radius 2 is 1.55 bits per heavy atom. The Bertz CT molecular complexity index is 1360. The fraction of sp³-hybridized carbons (Fsp3) is 0.464. The largest absolute Gasteiger partial charge is 0.390 e. The highest BCUT2D eigenvalue weighted by molar-refractivity contribution is 6.31. The number of nitrogens with one attached hydrogen (secondary N) is 2. The molecule has 2 fully saturated rings. The van der Waals surface area contributed by atoms with Crippen LogP contribution in [0.2, 0.25) is 5.02 Å². The Morgan fingerprint density at radius 3 is 2.18 bits per heavy atom. The minimum absolute atomic E-state index is 0.00320. The third-order valence-corrected chi connectivity index (χ3v) is 7.80.